The lowest BCUT2D eigenvalue weighted by Gasteiger charge is -2.13. The Balaban J connectivity index is 2.71. The summed E-state index contributed by atoms with van der Waals surface area (Å²) in [6.07, 6.45) is 2.37. The summed E-state index contributed by atoms with van der Waals surface area (Å²) in [5.74, 6) is -4.50. The van der Waals surface area contributed by atoms with Crippen molar-refractivity contribution in [2.24, 2.45) is 5.73 Å². The van der Waals surface area contributed by atoms with Crippen LogP contribution >= 0.6 is 0 Å². The van der Waals surface area contributed by atoms with Crippen LogP contribution in [0.15, 0.2) is 30.4 Å². The molecule has 3 N–H and O–H groups in total. The summed E-state index contributed by atoms with van der Waals surface area (Å²) in [5.41, 5.74) is 4.99. The Morgan fingerprint density at radius 2 is 2.00 bits per heavy atom. The molecule has 0 radical (unpaired) electrons. The first kappa shape index (κ1) is 18.3. The number of nitrogens with two attached hydrogens (primary N) is 1. The highest BCUT2D eigenvalue weighted by atomic mass is 19.2. The van der Waals surface area contributed by atoms with Gasteiger partial charge >= 0.3 is 5.97 Å². The Morgan fingerprint density at radius 1 is 1.30 bits per heavy atom. The maximum atomic E-state index is 13.1. The van der Waals surface area contributed by atoms with E-state index in [0.29, 0.717) is 6.07 Å². The molecular formula is C15H16F2N2O4. The van der Waals surface area contributed by atoms with Gasteiger partial charge in [-0.15, -0.1) is 0 Å². The average molecular weight is 326 g/mol. The first-order chi connectivity index (χ1) is 10.8. The van der Waals surface area contributed by atoms with E-state index in [0.717, 1.165) is 18.2 Å². The molecule has 0 aliphatic rings. The van der Waals surface area contributed by atoms with Gasteiger partial charge < -0.3 is 15.8 Å². The molecule has 1 aromatic rings. The van der Waals surface area contributed by atoms with Crippen LogP contribution in [-0.4, -0.2) is 30.4 Å². The third kappa shape index (κ3) is 5.85. The van der Waals surface area contributed by atoms with Gasteiger partial charge in [0, 0.05) is 11.6 Å². The van der Waals surface area contributed by atoms with E-state index in [1.165, 1.54) is 6.08 Å². The van der Waals surface area contributed by atoms with Crippen molar-refractivity contribution in [1.29, 1.82) is 0 Å². The van der Waals surface area contributed by atoms with Crippen LogP contribution in [0.5, 0.6) is 0 Å². The van der Waals surface area contributed by atoms with E-state index in [2.05, 4.69) is 10.1 Å². The largest absolute Gasteiger partial charge is 0.463 e. The van der Waals surface area contributed by atoms with E-state index in [1.807, 2.05) is 0 Å². The van der Waals surface area contributed by atoms with Gasteiger partial charge in [0.25, 0.3) is 5.91 Å². The van der Waals surface area contributed by atoms with Crippen molar-refractivity contribution < 1.29 is 27.9 Å². The van der Waals surface area contributed by atoms with E-state index >= 15 is 0 Å². The van der Waals surface area contributed by atoms with Gasteiger partial charge in [-0.3, -0.25) is 9.59 Å². The second-order valence-electron chi connectivity index (χ2n) is 4.45. The predicted molar refractivity (Wildman–Crippen MR) is 77.2 cm³/mol. The fourth-order valence-electron chi connectivity index (χ4n) is 1.62. The lowest BCUT2D eigenvalue weighted by molar-refractivity contribution is -0.137. The molecule has 124 valence electrons. The molecule has 0 fully saturated rings. The Kier molecular flexibility index (Phi) is 6.85. The van der Waals surface area contributed by atoms with Gasteiger partial charge in [0.15, 0.2) is 11.6 Å². The average Bonchev–Trinajstić information content (AvgIpc) is 2.49. The number of rotatable bonds is 7. The number of ether oxygens (including phenoxy) is 1. The first-order valence-corrected chi connectivity index (χ1v) is 6.73. The minimum Gasteiger partial charge on any atom is -0.463 e. The summed E-state index contributed by atoms with van der Waals surface area (Å²) in [6, 6.07) is 1.46. The summed E-state index contributed by atoms with van der Waals surface area (Å²) in [6.45, 7) is 1.84. The quantitative estimate of drug-likeness (QED) is 0.578. The number of carbonyl (C=O) groups is 3. The highest BCUT2D eigenvalue weighted by Crippen LogP contribution is 2.09. The number of carbonyl (C=O) groups excluding carboxylic acids is 3. The Morgan fingerprint density at radius 3 is 2.57 bits per heavy atom. The molecular weight excluding hydrogens is 310 g/mol. The topological polar surface area (TPSA) is 98.5 Å². The van der Waals surface area contributed by atoms with Crippen molar-refractivity contribution >= 4 is 17.8 Å². The van der Waals surface area contributed by atoms with Crippen LogP contribution in [-0.2, 0) is 14.3 Å². The SMILES string of the molecule is CCOC(=O)/C=C/C[C@@H](NC(=O)c1ccc(F)c(F)c1)C(N)=O. The van der Waals surface area contributed by atoms with E-state index in [-0.39, 0.29) is 18.6 Å². The van der Waals surface area contributed by atoms with E-state index < -0.39 is 35.5 Å². The second-order valence-corrected chi connectivity index (χ2v) is 4.45. The number of hydrogen-bond acceptors (Lipinski definition) is 4. The fraction of sp³-hybridized carbons (Fsp3) is 0.267. The van der Waals surface area contributed by atoms with Crippen LogP contribution in [0.4, 0.5) is 8.78 Å². The summed E-state index contributed by atoms with van der Waals surface area (Å²) >= 11 is 0. The number of benzene rings is 1. The molecule has 0 saturated heterocycles. The minimum atomic E-state index is -1.18. The number of esters is 1. The van der Waals surface area contributed by atoms with Gasteiger partial charge in [-0.2, -0.15) is 0 Å². The standard InChI is InChI=1S/C15H16F2N2O4/c1-2-23-13(20)5-3-4-12(14(18)21)19-15(22)9-6-7-10(16)11(17)8-9/h3,5-8,12H,2,4H2,1H3,(H2,18,21)(H,19,22)/b5-3+/t12-/m1/s1. The van der Waals surface area contributed by atoms with Gasteiger partial charge in [-0.1, -0.05) is 6.08 Å². The van der Waals surface area contributed by atoms with Gasteiger partial charge in [0.05, 0.1) is 6.61 Å². The van der Waals surface area contributed by atoms with Crippen molar-refractivity contribution in [3.8, 4) is 0 Å². The molecule has 0 bridgehead atoms. The fourth-order valence-corrected chi connectivity index (χ4v) is 1.62. The van der Waals surface area contributed by atoms with Gasteiger partial charge in [0.1, 0.15) is 6.04 Å². The zero-order valence-electron chi connectivity index (χ0n) is 12.3. The number of primary amides is 1. The Hall–Kier alpha value is -2.77. The number of halogens is 2. The molecule has 1 atom stereocenters. The van der Waals surface area contributed by atoms with Crippen LogP contribution in [0.1, 0.15) is 23.7 Å². The molecule has 0 heterocycles. The monoisotopic (exact) mass is 326 g/mol. The summed E-state index contributed by atoms with van der Waals surface area (Å²) in [5, 5.41) is 2.28. The molecule has 0 aromatic heterocycles. The second kappa shape index (κ2) is 8.62. The van der Waals surface area contributed by atoms with Crippen LogP contribution in [0.3, 0.4) is 0 Å². The number of amides is 2. The molecule has 8 heteroatoms. The maximum Gasteiger partial charge on any atom is 0.330 e. The van der Waals surface area contributed by atoms with E-state index in [1.54, 1.807) is 6.92 Å². The molecule has 1 rings (SSSR count). The summed E-state index contributed by atoms with van der Waals surface area (Å²) in [4.78, 5) is 34.3. The highest BCUT2D eigenvalue weighted by Gasteiger charge is 2.18. The molecule has 0 aliphatic heterocycles. The Bertz CT molecular complexity index is 632. The highest BCUT2D eigenvalue weighted by molar-refractivity contribution is 5.97. The van der Waals surface area contributed by atoms with Crippen LogP contribution in [0.2, 0.25) is 0 Å². The number of hydrogen-bond donors (Lipinski definition) is 2. The Labute approximate surface area is 131 Å². The first-order valence-electron chi connectivity index (χ1n) is 6.73. The lowest BCUT2D eigenvalue weighted by atomic mass is 10.1. The van der Waals surface area contributed by atoms with Gasteiger partial charge in [-0.05, 0) is 31.5 Å². The normalized spacial score (nSPS) is 12.0. The third-order valence-electron chi connectivity index (χ3n) is 2.74. The van der Waals surface area contributed by atoms with Crippen molar-refractivity contribution in [3.63, 3.8) is 0 Å². The molecule has 0 spiro atoms. The van der Waals surface area contributed by atoms with Gasteiger partial charge in [0.2, 0.25) is 5.91 Å². The van der Waals surface area contributed by atoms with Crippen molar-refractivity contribution in [1.82, 2.24) is 5.32 Å². The van der Waals surface area contributed by atoms with Crippen molar-refractivity contribution in [3.05, 3.63) is 47.5 Å². The van der Waals surface area contributed by atoms with Crippen LogP contribution in [0.25, 0.3) is 0 Å². The molecule has 6 nitrogen and oxygen atoms in total. The lowest BCUT2D eigenvalue weighted by Crippen LogP contribution is -2.44. The molecule has 0 aliphatic carbocycles. The molecule has 0 saturated carbocycles. The van der Waals surface area contributed by atoms with Crippen molar-refractivity contribution in [2.75, 3.05) is 6.61 Å². The zero-order valence-corrected chi connectivity index (χ0v) is 12.3. The number of nitrogens with one attached hydrogen (secondary N) is 1. The van der Waals surface area contributed by atoms with Crippen LogP contribution < -0.4 is 11.1 Å². The van der Waals surface area contributed by atoms with E-state index in [4.69, 9.17) is 5.73 Å². The summed E-state index contributed by atoms with van der Waals surface area (Å²) in [7, 11) is 0. The molecule has 0 unspecified atom stereocenters. The maximum absolute atomic E-state index is 13.1. The molecule has 1 aromatic carbocycles. The minimum absolute atomic E-state index is 0.0520. The van der Waals surface area contributed by atoms with Crippen molar-refractivity contribution in [2.45, 2.75) is 19.4 Å². The molecule has 23 heavy (non-hydrogen) atoms. The van der Waals surface area contributed by atoms with Crippen LogP contribution in [0, 0.1) is 11.6 Å². The smallest absolute Gasteiger partial charge is 0.330 e. The summed E-state index contributed by atoms with van der Waals surface area (Å²) < 4.78 is 30.6. The molecule has 2 amide bonds. The van der Waals surface area contributed by atoms with Gasteiger partial charge in [-0.25, -0.2) is 13.6 Å². The zero-order chi connectivity index (χ0) is 17.4. The predicted octanol–water partition coefficient (Wildman–Crippen LogP) is 1.06. The van der Waals surface area contributed by atoms with E-state index in [9.17, 15) is 23.2 Å². The third-order valence-corrected chi connectivity index (χ3v) is 2.74.